The third-order valence-electron chi connectivity index (χ3n) is 6.56. The lowest BCUT2D eigenvalue weighted by Crippen LogP contribution is -2.53. The highest BCUT2D eigenvalue weighted by Crippen LogP contribution is 2.41. The smallest absolute Gasteiger partial charge is 0.374 e. The standard InChI is InChI=1S/C24H26F5N3O4/c1-12-2-5-16(17(8-12)24(27,28)29)23(25,26)22(36)30-10-13-3-4-15-14(9-13)11-32(21(15)35)18-6-7-19(33)31-20(18)34/h2-5,8-9,18-19,21-22,30,33,35-36H,6-7,10-11H2,1H3,(H,31,34)/t18?,19-,21-,22-/m0/s1. The summed E-state index contributed by atoms with van der Waals surface area (Å²) in [4.78, 5) is 13.8. The second-order valence-electron chi connectivity index (χ2n) is 9.15. The van der Waals surface area contributed by atoms with E-state index < -0.39 is 53.9 Å². The number of amides is 1. The van der Waals surface area contributed by atoms with Gasteiger partial charge in [-0.25, -0.2) is 0 Å². The average molecular weight is 515 g/mol. The van der Waals surface area contributed by atoms with E-state index in [1.807, 2.05) is 0 Å². The molecule has 2 aliphatic rings. The summed E-state index contributed by atoms with van der Waals surface area (Å²) >= 11 is 0. The zero-order valence-corrected chi connectivity index (χ0v) is 19.2. The Morgan fingerprint density at radius 1 is 1.08 bits per heavy atom. The number of nitrogens with zero attached hydrogens (tertiary/aromatic N) is 1. The summed E-state index contributed by atoms with van der Waals surface area (Å²) in [7, 11) is 0. The van der Waals surface area contributed by atoms with E-state index in [0.717, 1.165) is 6.07 Å². The molecule has 2 aliphatic heterocycles. The highest BCUT2D eigenvalue weighted by Gasteiger charge is 2.47. The van der Waals surface area contributed by atoms with Crippen LogP contribution in [0.1, 0.15) is 52.5 Å². The lowest BCUT2D eigenvalue weighted by molar-refractivity contribution is -0.155. The first-order valence-electron chi connectivity index (χ1n) is 11.3. The maximum atomic E-state index is 14.9. The molecule has 0 saturated carbocycles. The van der Waals surface area contributed by atoms with E-state index in [1.54, 1.807) is 17.0 Å². The molecular weight excluding hydrogens is 489 g/mol. The molecule has 4 atom stereocenters. The fourth-order valence-electron chi connectivity index (χ4n) is 4.67. The first-order valence-corrected chi connectivity index (χ1v) is 11.3. The van der Waals surface area contributed by atoms with Crippen LogP contribution >= 0.6 is 0 Å². The van der Waals surface area contributed by atoms with Crippen LogP contribution in [0.3, 0.4) is 0 Å². The molecule has 1 amide bonds. The molecule has 12 heteroatoms. The number of piperidine rings is 1. The predicted octanol–water partition coefficient (Wildman–Crippen LogP) is 2.62. The highest BCUT2D eigenvalue weighted by molar-refractivity contribution is 5.82. The second-order valence-corrected chi connectivity index (χ2v) is 9.15. The van der Waals surface area contributed by atoms with Crippen LogP contribution in [0.2, 0.25) is 0 Å². The first kappa shape index (κ1) is 26.4. The van der Waals surface area contributed by atoms with E-state index >= 15 is 0 Å². The molecule has 2 aromatic carbocycles. The van der Waals surface area contributed by atoms with Gasteiger partial charge in [-0.3, -0.25) is 15.0 Å². The SMILES string of the molecule is Cc1ccc(C(F)(F)[C@H](O)NCc2ccc3c(c2)CN(C2CC[C@H](O)NC2=O)[C@H]3O)c(C(F)(F)F)c1. The average Bonchev–Trinajstić information content (AvgIpc) is 3.12. The van der Waals surface area contributed by atoms with E-state index in [1.165, 1.54) is 13.0 Å². The number of nitrogens with one attached hydrogen (secondary N) is 2. The summed E-state index contributed by atoms with van der Waals surface area (Å²) in [5, 5.41) is 35.0. The van der Waals surface area contributed by atoms with Gasteiger partial charge in [-0.05, 0) is 42.5 Å². The number of alkyl halides is 5. The lowest BCUT2D eigenvalue weighted by Gasteiger charge is -2.34. The van der Waals surface area contributed by atoms with Crippen LogP contribution in [0.4, 0.5) is 22.0 Å². The van der Waals surface area contributed by atoms with Crippen molar-refractivity contribution in [1.29, 1.82) is 0 Å². The fourth-order valence-corrected chi connectivity index (χ4v) is 4.67. The minimum absolute atomic E-state index is 0.153. The normalized spacial score (nSPS) is 23.9. The molecule has 1 saturated heterocycles. The number of benzene rings is 2. The zero-order chi connectivity index (χ0) is 26.4. The van der Waals surface area contributed by atoms with Gasteiger partial charge in [0.2, 0.25) is 5.91 Å². The van der Waals surface area contributed by atoms with Crippen LogP contribution in [0.5, 0.6) is 0 Å². The van der Waals surface area contributed by atoms with Crippen molar-refractivity contribution < 1.29 is 42.1 Å². The van der Waals surface area contributed by atoms with E-state index in [-0.39, 0.29) is 18.7 Å². The molecule has 2 aromatic rings. The van der Waals surface area contributed by atoms with Gasteiger partial charge in [0.05, 0.1) is 11.6 Å². The topological polar surface area (TPSA) is 105 Å². The molecule has 0 radical (unpaired) electrons. The number of carbonyl (C=O) groups is 1. The van der Waals surface area contributed by atoms with Crippen molar-refractivity contribution in [3.63, 3.8) is 0 Å². The number of aliphatic hydroxyl groups excluding tert-OH is 3. The van der Waals surface area contributed by atoms with Crippen molar-refractivity contribution >= 4 is 5.91 Å². The Morgan fingerprint density at radius 3 is 2.47 bits per heavy atom. The fraction of sp³-hybridized carbons (Fsp3) is 0.458. The molecular formula is C24H26F5N3O4. The van der Waals surface area contributed by atoms with Gasteiger partial charge in [-0.1, -0.05) is 35.9 Å². The van der Waals surface area contributed by atoms with E-state index in [0.29, 0.717) is 41.7 Å². The van der Waals surface area contributed by atoms with Crippen molar-refractivity contribution in [3.8, 4) is 0 Å². The first-order chi connectivity index (χ1) is 16.8. The van der Waals surface area contributed by atoms with Crippen molar-refractivity contribution in [1.82, 2.24) is 15.5 Å². The lowest BCUT2D eigenvalue weighted by atomic mass is 9.97. The number of aliphatic hydroxyl groups is 3. The van der Waals surface area contributed by atoms with E-state index in [4.69, 9.17) is 0 Å². The Labute approximate surface area is 203 Å². The quantitative estimate of drug-likeness (QED) is 0.299. The molecule has 0 bridgehead atoms. The molecule has 0 spiro atoms. The van der Waals surface area contributed by atoms with Crippen molar-refractivity contribution in [2.45, 2.75) is 69.7 Å². The molecule has 1 fully saturated rings. The second kappa shape index (κ2) is 9.67. The molecule has 0 aliphatic carbocycles. The van der Waals surface area contributed by atoms with Crippen molar-refractivity contribution in [3.05, 3.63) is 69.8 Å². The maximum absolute atomic E-state index is 14.9. The van der Waals surface area contributed by atoms with E-state index in [2.05, 4.69) is 10.6 Å². The molecule has 36 heavy (non-hydrogen) atoms. The van der Waals surface area contributed by atoms with Gasteiger partial charge >= 0.3 is 12.1 Å². The number of carbonyl (C=O) groups excluding carboxylic acids is 1. The number of fused-ring (bicyclic) bond motifs is 1. The van der Waals surface area contributed by atoms with Crippen LogP contribution in [0.25, 0.3) is 0 Å². The maximum Gasteiger partial charge on any atom is 0.416 e. The Balaban J connectivity index is 1.46. The molecule has 196 valence electrons. The predicted molar refractivity (Wildman–Crippen MR) is 117 cm³/mol. The third-order valence-corrected chi connectivity index (χ3v) is 6.56. The number of rotatable bonds is 6. The number of aryl methyl sites for hydroxylation is 1. The highest BCUT2D eigenvalue weighted by atomic mass is 19.4. The van der Waals surface area contributed by atoms with Gasteiger partial charge in [0.15, 0.2) is 6.23 Å². The Morgan fingerprint density at radius 2 is 1.81 bits per heavy atom. The zero-order valence-electron chi connectivity index (χ0n) is 19.2. The largest absolute Gasteiger partial charge is 0.416 e. The van der Waals surface area contributed by atoms with Gasteiger partial charge in [0.1, 0.15) is 12.5 Å². The van der Waals surface area contributed by atoms with Crippen LogP contribution in [0.15, 0.2) is 36.4 Å². The van der Waals surface area contributed by atoms with Gasteiger partial charge in [-0.2, -0.15) is 22.0 Å². The molecule has 2 heterocycles. The van der Waals surface area contributed by atoms with Gasteiger partial charge < -0.3 is 20.6 Å². The summed E-state index contributed by atoms with van der Waals surface area (Å²) in [6, 6.07) is 6.44. The molecule has 1 unspecified atom stereocenters. The number of halogens is 5. The van der Waals surface area contributed by atoms with Crippen molar-refractivity contribution in [2.75, 3.05) is 0 Å². The summed E-state index contributed by atoms with van der Waals surface area (Å²) in [6.45, 7) is 1.25. The van der Waals surface area contributed by atoms with Crippen molar-refractivity contribution in [2.24, 2.45) is 0 Å². The monoisotopic (exact) mass is 515 g/mol. The summed E-state index contributed by atoms with van der Waals surface area (Å²) < 4.78 is 69.8. The Hall–Kier alpha value is -2.64. The minimum atomic E-state index is -5.02. The minimum Gasteiger partial charge on any atom is -0.374 e. The van der Waals surface area contributed by atoms with Crippen LogP contribution in [0, 0.1) is 6.92 Å². The third kappa shape index (κ3) is 5.09. The van der Waals surface area contributed by atoms with Gasteiger partial charge in [0, 0.05) is 18.7 Å². The summed E-state index contributed by atoms with van der Waals surface area (Å²) in [5.74, 6) is -4.65. The Kier molecular flexibility index (Phi) is 7.10. The molecule has 4 rings (SSSR count). The molecule has 5 N–H and O–H groups in total. The van der Waals surface area contributed by atoms with Gasteiger partial charge in [-0.15, -0.1) is 0 Å². The van der Waals surface area contributed by atoms with Crippen LogP contribution < -0.4 is 10.6 Å². The number of hydrogen-bond acceptors (Lipinski definition) is 6. The van der Waals surface area contributed by atoms with Gasteiger partial charge in [0.25, 0.3) is 0 Å². The molecule has 0 aromatic heterocycles. The van der Waals surface area contributed by atoms with Crippen LogP contribution in [-0.4, -0.2) is 44.6 Å². The van der Waals surface area contributed by atoms with E-state index in [9.17, 15) is 42.1 Å². The molecule has 7 nitrogen and oxygen atoms in total. The Bertz CT molecular complexity index is 1140. The summed E-state index contributed by atoms with van der Waals surface area (Å²) in [5.41, 5.74) is -1.08. The van der Waals surface area contributed by atoms with Crippen LogP contribution in [-0.2, 0) is 30.0 Å². The summed E-state index contributed by atoms with van der Waals surface area (Å²) in [6.07, 6.45) is -8.98. The number of hydrogen-bond donors (Lipinski definition) is 5.